The summed E-state index contributed by atoms with van der Waals surface area (Å²) in [6.45, 7) is 0.00416. The molecule has 0 atom stereocenters. The average molecular weight is 358 g/mol. The van der Waals surface area contributed by atoms with Gasteiger partial charge in [0.2, 0.25) is 5.82 Å². The molecule has 2 rings (SSSR count). The van der Waals surface area contributed by atoms with Crippen LogP contribution in [0.25, 0.3) is 0 Å². The predicted octanol–water partition coefficient (Wildman–Crippen LogP) is 2.98. The second-order valence-corrected chi connectivity index (χ2v) is 5.05. The highest BCUT2D eigenvalue weighted by Crippen LogP contribution is 2.27. The molecule has 0 saturated heterocycles. The van der Waals surface area contributed by atoms with Crippen LogP contribution in [0.1, 0.15) is 5.56 Å². The maximum absolute atomic E-state index is 13.5. The first-order valence-electron chi connectivity index (χ1n) is 6.85. The summed E-state index contributed by atoms with van der Waals surface area (Å²) in [5, 5.41) is 1.43. The van der Waals surface area contributed by atoms with Crippen molar-refractivity contribution in [2.75, 3.05) is 12.4 Å². The quantitative estimate of drug-likeness (QED) is 0.397. The fourth-order valence-electron chi connectivity index (χ4n) is 1.98. The van der Waals surface area contributed by atoms with Gasteiger partial charge in [0.15, 0.2) is 23.3 Å². The highest BCUT2D eigenvalue weighted by molar-refractivity contribution is 6.39. The summed E-state index contributed by atoms with van der Waals surface area (Å²) in [6, 6.07) is 8.48. The van der Waals surface area contributed by atoms with Crippen molar-refractivity contribution >= 4 is 17.5 Å². The van der Waals surface area contributed by atoms with Crippen LogP contribution in [0.2, 0.25) is 0 Å². The SMILES string of the molecule is CN(Cc1ccccc1)C(=O)C(=O)Nc1c(F)c(F)c(F)c(F)c1F. The molecule has 0 aliphatic rings. The number of hydrogen-bond acceptors (Lipinski definition) is 2. The van der Waals surface area contributed by atoms with Crippen LogP contribution in [0.4, 0.5) is 27.6 Å². The molecule has 2 aromatic rings. The van der Waals surface area contributed by atoms with Crippen molar-refractivity contribution in [2.45, 2.75) is 6.54 Å². The van der Waals surface area contributed by atoms with Gasteiger partial charge in [-0.25, -0.2) is 22.0 Å². The van der Waals surface area contributed by atoms with E-state index in [9.17, 15) is 31.5 Å². The number of anilines is 1. The highest BCUT2D eigenvalue weighted by Gasteiger charge is 2.29. The first-order valence-corrected chi connectivity index (χ1v) is 6.85. The van der Waals surface area contributed by atoms with Gasteiger partial charge in [-0.1, -0.05) is 30.3 Å². The van der Waals surface area contributed by atoms with Gasteiger partial charge >= 0.3 is 11.8 Å². The molecule has 0 heterocycles. The molecule has 9 heteroatoms. The van der Waals surface area contributed by atoms with Crippen LogP contribution in [0, 0.1) is 29.1 Å². The minimum Gasteiger partial charge on any atom is -0.333 e. The zero-order valence-corrected chi connectivity index (χ0v) is 12.7. The van der Waals surface area contributed by atoms with Gasteiger partial charge in [-0.2, -0.15) is 0 Å². The van der Waals surface area contributed by atoms with Gasteiger partial charge in [-0.05, 0) is 5.56 Å². The zero-order valence-electron chi connectivity index (χ0n) is 12.7. The van der Waals surface area contributed by atoms with Crippen LogP contribution < -0.4 is 5.32 Å². The lowest BCUT2D eigenvalue weighted by Gasteiger charge is -2.17. The van der Waals surface area contributed by atoms with Crippen molar-refractivity contribution in [3.63, 3.8) is 0 Å². The molecule has 0 aliphatic heterocycles. The highest BCUT2D eigenvalue weighted by atomic mass is 19.2. The fraction of sp³-hybridized carbons (Fsp3) is 0.125. The number of nitrogens with zero attached hydrogens (tertiary/aromatic N) is 1. The van der Waals surface area contributed by atoms with E-state index in [0.29, 0.717) is 5.56 Å². The second-order valence-electron chi connectivity index (χ2n) is 5.05. The van der Waals surface area contributed by atoms with Crippen LogP contribution in [-0.2, 0) is 16.1 Å². The lowest BCUT2D eigenvalue weighted by atomic mass is 10.2. The van der Waals surface area contributed by atoms with E-state index in [1.54, 1.807) is 30.3 Å². The van der Waals surface area contributed by atoms with E-state index in [1.165, 1.54) is 12.4 Å². The summed E-state index contributed by atoms with van der Waals surface area (Å²) in [6.07, 6.45) is 0. The second kappa shape index (κ2) is 7.29. The summed E-state index contributed by atoms with van der Waals surface area (Å²) in [5.41, 5.74) is -0.912. The van der Waals surface area contributed by atoms with Crippen LogP contribution in [-0.4, -0.2) is 23.8 Å². The lowest BCUT2D eigenvalue weighted by Crippen LogP contribution is -2.37. The maximum atomic E-state index is 13.5. The normalized spacial score (nSPS) is 10.5. The molecule has 25 heavy (non-hydrogen) atoms. The number of halogens is 5. The number of benzene rings is 2. The number of amides is 2. The Kier molecular flexibility index (Phi) is 5.35. The lowest BCUT2D eigenvalue weighted by molar-refractivity contribution is -0.142. The number of hydrogen-bond donors (Lipinski definition) is 1. The molecule has 0 aromatic heterocycles. The van der Waals surface area contributed by atoms with E-state index in [-0.39, 0.29) is 6.54 Å². The summed E-state index contributed by atoms with van der Waals surface area (Å²) < 4.78 is 66.2. The molecule has 0 fully saturated rings. The van der Waals surface area contributed by atoms with Crippen LogP contribution in [0.3, 0.4) is 0 Å². The number of likely N-dealkylation sites (N-methyl/N-ethyl adjacent to an activating group) is 1. The minimum atomic E-state index is -2.36. The van der Waals surface area contributed by atoms with Crippen molar-refractivity contribution in [2.24, 2.45) is 0 Å². The van der Waals surface area contributed by atoms with Crippen LogP contribution in [0.15, 0.2) is 30.3 Å². The van der Waals surface area contributed by atoms with E-state index >= 15 is 0 Å². The molecule has 0 saturated carbocycles. The van der Waals surface area contributed by atoms with E-state index in [0.717, 1.165) is 4.90 Å². The minimum absolute atomic E-state index is 0.00416. The molecule has 2 aromatic carbocycles. The van der Waals surface area contributed by atoms with Crippen molar-refractivity contribution in [1.29, 1.82) is 0 Å². The number of rotatable bonds is 3. The largest absolute Gasteiger partial charge is 0.333 e. The monoisotopic (exact) mass is 358 g/mol. The molecule has 2 amide bonds. The Morgan fingerprint density at radius 3 is 1.88 bits per heavy atom. The average Bonchev–Trinajstić information content (AvgIpc) is 2.61. The number of nitrogens with one attached hydrogen (secondary N) is 1. The smallest absolute Gasteiger partial charge is 0.314 e. The summed E-state index contributed by atoms with van der Waals surface area (Å²) in [7, 11) is 1.24. The third kappa shape index (κ3) is 3.76. The Morgan fingerprint density at radius 1 is 0.880 bits per heavy atom. The first kappa shape index (κ1) is 18.4. The molecule has 1 N–H and O–H groups in total. The third-order valence-electron chi connectivity index (χ3n) is 3.25. The first-order chi connectivity index (χ1) is 11.7. The maximum Gasteiger partial charge on any atom is 0.314 e. The summed E-state index contributed by atoms with van der Waals surface area (Å²) in [5.74, 6) is -14.0. The molecule has 0 unspecified atom stereocenters. The summed E-state index contributed by atoms with van der Waals surface area (Å²) in [4.78, 5) is 24.6. The Bertz CT molecular complexity index is 798. The molecule has 0 aliphatic carbocycles. The van der Waals surface area contributed by atoms with Gasteiger partial charge in [0.25, 0.3) is 0 Å². The van der Waals surface area contributed by atoms with Crippen molar-refractivity contribution < 1.29 is 31.5 Å². The van der Waals surface area contributed by atoms with Crippen molar-refractivity contribution in [3.8, 4) is 0 Å². The Hall–Kier alpha value is -2.97. The molecule has 132 valence electrons. The molecular formula is C16H11F5N2O2. The Morgan fingerprint density at radius 2 is 1.36 bits per heavy atom. The topological polar surface area (TPSA) is 49.4 Å². The predicted molar refractivity (Wildman–Crippen MR) is 77.8 cm³/mol. The Balaban J connectivity index is 2.18. The number of carbonyl (C=O) groups is 2. The fourth-order valence-corrected chi connectivity index (χ4v) is 1.98. The van der Waals surface area contributed by atoms with Gasteiger partial charge in [-0.15, -0.1) is 0 Å². The van der Waals surface area contributed by atoms with E-state index < -0.39 is 46.6 Å². The molecule has 0 spiro atoms. The van der Waals surface area contributed by atoms with Gasteiger partial charge < -0.3 is 10.2 Å². The summed E-state index contributed by atoms with van der Waals surface area (Å²) >= 11 is 0. The van der Waals surface area contributed by atoms with E-state index in [2.05, 4.69) is 0 Å². The number of carbonyl (C=O) groups excluding carboxylic acids is 2. The van der Waals surface area contributed by atoms with Crippen molar-refractivity contribution in [3.05, 3.63) is 65.0 Å². The molecule has 4 nitrogen and oxygen atoms in total. The van der Waals surface area contributed by atoms with E-state index in [1.807, 2.05) is 0 Å². The van der Waals surface area contributed by atoms with Gasteiger partial charge in [0, 0.05) is 13.6 Å². The molecule has 0 radical (unpaired) electrons. The van der Waals surface area contributed by atoms with Crippen LogP contribution in [0.5, 0.6) is 0 Å². The molecule has 0 bridgehead atoms. The van der Waals surface area contributed by atoms with Gasteiger partial charge in [-0.3, -0.25) is 9.59 Å². The van der Waals surface area contributed by atoms with Crippen molar-refractivity contribution in [1.82, 2.24) is 4.90 Å². The van der Waals surface area contributed by atoms with Gasteiger partial charge in [0.05, 0.1) is 0 Å². The standard InChI is InChI=1S/C16H11F5N2O2/c1-23(7-8-5-3-2-4-6-8)16(25)15(24)22-14-12(20)10(18)9(17)11(19)13(14)21/h2-6H,7H2,1H3,(H,22,24). The van der Waals surface area contributed by atoms with Crippen LogP contribution >= 0.6 is 0 Å². The zero-order chi connectivity index (χ0) is 18.7. The third-order valence-corrected chi connectivity index (χ3v) is 3.25. The van der Waals surface area contributed by atoms with Gasteiger partial charge in [0.1, 0.15) is 5.69 Å². The van der Waals surface area contributed by atoms with E-state index in [4.69, 9.17) is 0 Å². The molecular weight excluding hydrogens is 347 g/mol. The Labute approximate surface area is 138 Å².